The summed E-state index contributed by atoms with van der Waals surface area (Å²) in [4.78, 5) is 4.18. The molecule has 2 aromatic rings. The molecule has 0 aliphatic heterocycles. The van der Waals surface area contributed by atoms with E-state index in [0.717, 1.165) is 10.8 Å². The van der Waals surface area contributed by atoms with Gasteiger partial charge in [0.05, 0.1) is 0 Å². The first-order chi connectivity index (χ1) is 7.31. The Balaban J connectivity index is 2.46. The molecule has 1 unspecified atom stereocenters. The Morgan fingerprint density at radius 3 is 2.93 bits per heavy atom. The summed E-state index contributed by atoms with van der Waals surface area (Å²) in [6, 6.07) is 9.80. The monoisotopic (exact) mass is 200 g/mol. The first-order valence-electron chi connectivity index (χ1n) is 4.72. The van der Waals surface area contributed by atoms with Crippen LogP contribution >= 0.6 is 0 Å². The summed E-state index contributed by atoms with van der Waals surface area (Å²) in [7, 11) is 0. The van der Waals surface area contributed by atoms with Gasteiger partial charge in [-0.3, -0.25) is 0 Å². The quantitative estimate of drug-likeness (QED) is 0.589. The summed E-state index contributed by atoms with van der Waals surface area (Å²) in [5.74, 6) is 0.667. The Kier molecular flexibility index (Phi) is 2.65. The second kappa shape index (κ2) is 4.11. The van der Waals surface area contributed by atoms with Crippen molar-refractivity contribution < 1.29 is 5.11 Å². The summed E-state index contributed by atoms with van der Waals surface area (Å²) in [5, 5.41) is 14.3. The highest BCUT2D eigenvalue weighted by Crippen LogP contribution is 2.20. The van der Waals surface area contributed by atoms with Crippen LogP contribution in [0.3, 0.4) is 0 Å². The number of aromatic nitrogens is 1. The second-order valence-electron chi connectivity index (χ2n) is 3.21. The van der Waals surface area contributed by atoms with Gasteiger partial charge in [0.25, 0.3) is 0 Å². The molecule has 3 heteroatoms. The lowest BCUT2D eigenvalue weighted by Gasteiger charge is -2.10. The van der Waals surface area contributed by atoms with Crippen LogP contribution in [0.5, 0.6) is 0 Å². The van der Waals surface area contributed by atoms with Crippen molar-refractivity contribution >= 4 is 16.6 Å². The number of hydrogen-bond acceptors (Lipinski definition) is 3. The molecule has 1 aromatic carbocycles. The third kappa shape index (κ3) is 1.97. The molecule has 0 bridgehead atoms. The highest BCUT2D eigenvalue weighted by Gasteiger charge is 2.03. The van der Waals surface area contributed by atoms with Gasteiger partial charge in [0.1, 0.15) is 12.0 Å². The van der Waals surface area contributed by atoms with Crippen LogP contribution in [0.1, 0.15) is 0 Å². The van der Waals surface area contributed by atoms with Crippen molar-refractivity contribution in [2.75, 3.05) is 5.32 Å². The normalized spacial score (nSPS) is 12.3. The van der Waals surface area contributed by atoms with Gasteiger partial charge in [0.15, 0.2) is 0 Å². The minimum Gasteiger partial charge on any atom is -0.370 e. The van der Waals surface area contributed by atoms with Crippen LogP contribution in [-0.4, -0.2) is 16.3 Å². The largest absolute Gasteiger partial charge is 0.370 e. The Bertz CT molecular complexity index is 477. The van der Waals surface area contributed by atoms with E-state index in [-0.39, 0.29) is 0 Å². The third-order valence-electron chi connectivity index (χ3n) is 2.18. The van der Waals surface area contributed by atoms with Crippen LogP contribution in [0.4, 0.5) is 5.82 Å². The number of fused-ring (bicyclic) bond motifs is 1. The maximum Gasteiger partial charge on any atom is 0.144 e. The number of nitrogens with one attached hydrogen (secondary N) is 1. The fourth-order valence-corrected chi connectivity index (χ4v) is 1.43. The minimum absolute atomic E-state index is 0.667. The van der Waals surface area contributed by atoms with Gasteiger partial charge in [-0.1, -0.05) is 30.8 Å². The van der Waals surface area contributed by atoms with E-state index in [1.165, 1.54) is 6.08 Å². The van der Waals surface area contributed by atoms with Crippen LogP contribution < -0.4 is 5.32 Å². The average Bonchev–Trinajstić information content (AvgIpc) is 2.29. The predicted octanol–water partition coefficient (Wildman–Crippen LogP) is 2.15. The molecular weight excluding hydrogens is 188 g/mol. The molecule has 1 aromatic heterocycles. The number of benzene rings is 1. The first kappa shape index (κ1) is 9.68. The molecule has 1 atom stereocenters. The SMILES string of the molecule is C=CC(O)Nc1nccc2ccccc12. The van der Waals surface area contributed by atoms with Gasteiger partial charge in [-0.2, -0.15) is 0 Å². The lowest BCUT2D eigenvalue weighted by molar-refractivity contribution is 0.252. The van der Waals surface area contributed by atoms with Crippen LogP contribution in [0.25, 0.3) is 10.8 Å². The molecule has 0 aliphatic rings. The van der Waals surface area contributed by atoms with Crippen LogP contribution in [0, 0.1) is 0 Å². The number of pyridine rings is 1. The van der Waals surface area contributed by atoms with E-state index in [0.29, 0.717) is 5.82 Å². The Morgan fingerprint density at radius 1 is 1.33 bits per heavy atom. The molecule has 1 heterocycles. The first-order valence-corrected chi connectivity index (χ1v) is 4.72. The van der Waals surface area contributed by atoms with Gasteiger partial charge >= 0.3 is 0 Å². The van der Waals surface area contributed by atoms with Crippen molar-refractivity contribution in [3.05, 3.63) is 49.2 Å². The second-order valence-corrected chi connectivity index (χ2v) is 3.21. The van der Waals surface area contributed by atoms with Crippen molar-refractivity contribution in [1.82, 2.24) is 4.98 Å². The van der Waals surface area contributed by atoms with Gasteiger partial charge in [0.2, 0.25) is 0 Å². The molecule has 0 radical (unpaired) electrons. The van der Waals surface area contributed by atoms with Gasteiger partial charge in [-0.25, -0.2) is 4.98 Å². The van der Waals surface area contributed by atoms with E-state index in [4.69, 9.17) is 0 Å². The number of hydrogen-bond donors (Lipinski definition) is 2. The smallest absolute Gasteiger partial charge is 0.144 e. The van der Waals surface area contributed by atoms with Crippen molar-refractivity contribution in [3.63, 3.8) is 0 Å². The molecule has 76 valence electrons. The van der Waals surface area contributed by atoms with Crippen molar-refractivity contribution in [2.45, 2.75) is 6.23 Å². The molecular formula is C12H12N2O. The summed E-state index contributed by atoms with van der Waals surface area (Å²) in [5.41, 5.74) is 0. The van der Waals surface area contributed by atoms with E-state index in [1.54, 1.807) is 6.20 Å². The van der Waals surface area contributed by atoms with E-state index in [1.807, 2.05) is 30.3 Å². The van der Waals surface area contributed by atoms with Crippen LogP contribution in [0.2, 0.25) is 0 Å². The Hall–Kier alpha value is -1.87. The van der Waals surface area contributed by atoms with E-state index in [2.05, 4.69) is 16.9 Å². The number of aliphatic hydroxyl groups excluding tert-OH is 1. The highest BCUT2D eigenvalue weighted by atomic mass is 16.3. The lowest BCUT2D eigenvalue weighted by Crippen LogP contribution is -2.15. The zero-order chi connectivity index (χ0) is 10.7. The standard InChI is InChI=1S/C12H12N2O/c1-2-11(15)14-12-10-6-4-3-5-9(10)7-8-13-12/h2-8,11,15H,1H2,(H,13,14). The maximum absolute atomic E-state index is 9.40. The number of rotatable bonds is 3. The fraction of sp³-hybridized carbons (Fsp3) is 0.0833. The molecule has 0 saturated heterocycles. The summed E-state index contributed by atoms with van der Waals surface area (Å²) >= 11 is 0. The highest BCUT2D eigenvalue weighted by molar-refractivity contribution is 5.91. The minimum atomic E-state index is -0.775. The van der Waals surface area contributed by atoms with Gasteiger partial charge in [0, 0.05) is 11.6 Å². The molecule has 0 saturated carbocycles. The molecule has 3 nitrogen and oxygen atoms in total. The summed E-state index contributed by atoms with van der Waals surface area (Å²) in [6.07, 6.45) is 2.35. The van der Waals surface area contributed by atoms with Gasteiger partial charge < -0.3 is 10.4 Å². The molecule has 2 N–H and O–H groups in total. The topological polar surface area (TPSA) is 45.1 Å². The zero-order valence-electron chi connectivity index (χ0n) is 8.22. The lowest BCUT2D eigenvalue weighted by atomic mass is 10.1. The van der Waals surface area contributed by atoms with E-state index >= 15 is 0 Å². The van der Waals surface area contributed by atoms with Gasteiger partial charge in [-0.05, 0) is 17.5 Å². The van der Waals surface area contributed by atoms with Crippen molar-refractivity contribution in [3.8, 4) is 0 Å². The summed E-state index contributed by atoms with van der Waals surface area (Å²) < 4.78 is 0. The number of anilines is 1. The van der Waals surface area contributed by atoms with E-state index in [9.17, 15) is 5.11 Å². The van der Waals surface area contributed by atoms with Crippen LogP contribution in [-0.2, 0) is 0 Å². The van der Waals surface area contributed by atoms with Crippen LogP contribution in [0.15, 0.2) is 49.2 Å². The molecule has 0 amide bonds. The maximum atomic E-state index is 9.40. The molecule has 0 aliphatic carbocycles. The Labute approximate surface area is 88.1 Å². The van der Waals surface area contributed by atoms with Gasteiger partial charge in [-0.15, -0.1) is 0 Å². The van der Waals surface area contributed by atoms with Crippen molar-refractivity contribution in [1.29, 1.82) is 0 Å². The fourth-order valence-electron chi connectivity index (χ4n) is 1.43. The molecule has 2 rings (SSSR count). The number of nitrogens with zero attached hydrogens (tertiary/aromatic N) is 1. The van der Waals surface area contributed by atoms with E-state index < -0.39 is 6.23 Å². The molecule has 15 heavy (non-hydrogen) atoms. The summed E-state index contributed by atoms with van der Waals surface area (Å²) in [6.45, 7) is 3.50. The Morgan fingerprint density at radius 2 is 2.13 bits per heavy atom. The average molecular weight is 200 g/mol. The van der Waals surface area contributed by atoms with Crippen molar-refractivity contribution in [2.24, 2.45) is 0 Å². The predicted molar refractivity (Wildman–Crippen MR) is 61.6 cm³/mol. The number of aliphatic hydroxyl groups is 1. The molecule has 0 spiro atoms. The molecule has 0 fully saturated rings. The zero-order valence-corrected chi connectivity index (χ0v) is 8.22. The third-order valence-corrected chi connectivity index (χ3v) is 2.18.